The summed E-state index contributed by atoms with van der Waals surface area (Å²) in [4.78, 5) is 37.8. The SMILES string of the molecule is COc1ccc(OCC2CC2)c(-c2ncnc3c(C(=O)N[C@@H]4CCN(C(=O)O)C[C@H]4O)c(C)[nH]c23)c1. The van der Waals surface area contributed by atoms with Crippen LogP contribution in [0.4, 0.5) is 4.79 Å². The lowest BCUT2D eigenvalue weighted by Crippen LogP contribution is -2.55. The van der Waals surface area contributed by atoms with Gasteiger partial charge < -0.3 is 34.9 Å². The lowest BCUT2D eigenvalue weighted by molar-refractivity contribution is 0.0392. The zero-order valence-electron chi connectivity index (χ0n) is 20.2. The van der Waals surface area contributed by atoms with Crippen molar-refractivity contribution in [2.75, 3.05) is 26.8 Å². The first kappa shape index (κ1) is 23.9. The molecule has 1 aliphatic carbocycles. The number of methoxy groups -OCH3 is 1. The fourth-order valence-electron chi connectivity index (χ4n) is 4.56. The maximum atomic E-state index is 13.3. The largest absolute Gasteiger partial charge is 0.497 e. The minimum atomic E-state index is -1.09. The Morgan fingerprint density at radius 1 is 1.25 bits per heavy atom. The van der Waals surface area contributed by atoms with Crippen LogP contribution in [0.5, 0.6) is 11.5 Å². The van der Waals surface area contributed by atoms with Crippen LogP contribution < -0.4 is 14.8 Å². The Labute approximate surface area is 207 Å². The molecular formula is C25H29N5O6. The molecule has 2 aliphatic rings. The number of benzene rings is 1. The van der Waals surface area contributed by atoms with Crippen LogP contribution in [0.3, 0.4) is 0 Å². The highest BCUT2D eigenvalue weighted by atomic mass is 16.5. The maximum absolute atomic E-state index is 13.3. The van der Waals surface area contributed by atoms with Gasteiger partial charge >= 0.3 is 6.09 Å². The van der Waals surface area contributed by atoms with E-state index < -0.39 is 24.1 Å². The minimum Gasteiger partial charge on any atom is -0.497 e. The minimum absolute atomic E-state index is 0.0566. The van der Waals surface area contributed by atoms with Crippen molar-refractivity contribution in [3.8, 4) is 22.8 Å². The zero-order valence-corrected chi connectivity index (χ0v) is 20.2. The maximum Gasteiger partial charge on any atom is 0.407 e. The van der Waals surface area contributed by atoms with E-state index in [0.717, 1.165) is 10.5 Å². The fraction of sp³-hybridized carbons (Fsp3) is 0.440. The molecule has 4 N–H and O–H groups in total. The number of piperidine rings is 1. The second kappa shape index (κ2) is 9.65. The number of hydrogen-bond acceptors (Lipinski definition) is 7. The van der Waals surface area contributed by atoms with Crippen LogP contribution in [0.25, 0.3) is 22.3 Å². The Balaban J connectivity index is 1.46. The van der Waals surface area contributed by atoms with E-state index >= 15 is 0 Å². The molecule has 2 amide bonds. The van der Waals surface area contributed by atoms with Crippen LogP contribution in [0.1, 0.15) is 35.3 Å². The van der Waals surface area contributed by atoms with Gasteiger partial charge in [0.2, 0.25) is 0 Å². The normalized spacial score (nSPS) is 19.8. The number of aromatic amines is 1. The summed E-state index contributed by atoms with van der Waals surface area (Å²) in [5, 5.41) is 22.4. The van der Waals surface area contributed by atoms with Gasteiger partial charge in [-0.1, -0.05) is 0 Å². The predicted molar refractivity (Wildman–Crippen MR) is 130 cm³/mol. The molecule has 36 heavy (non-hydrogen) atoms. The van der Waals surface area contributed by atoms with E-state index in [1.165, 1.54) is 19.2 Å². The molecule has 2 aromatic heterocycles. The first-order chi connectivity index (χ1) is 17.4. The molecule has 0 bridgehead atoms. The number of likely N-dealkylation sites (tertiary alicyclic amines) is 1. The zero-order chi connectivity index (χ0) is 25.4. The van der Waals surface area contributed by atoms with E-state index in [-0.39, 0.29) is 13.1 Å². The van der Waals surface area contributed by atoms with E-state index in [1.54, 1.807) is 14.0 Å². The van der Waals surface area contributed by atoms with Crippen molar-refractivity contribution in [1.82, 2.24) is 25.2 Å². The number of H-pyrrole nitrogens is 1. The van der Waals surface area contributed by atoms with Gasteiger partial charge in [0.05, 0.1) is 43.5 Å². The summed E-state index contributed by atoms with van der Waals surface area (Å²) in [5.74, 6) is 1.51. The number of amides is 2. The van der Waals surface area contributed by atoms with Crippen molar-refractivity contribution in [3.63, 3.8) is 0 Å². The molecular weight excluding hydrogens is 466 g/mol. The standard InChI is InChI=1S/C25H29N5O6/c1-13-20(24(32)29-17-7-8-30(25(33)34)10-18(17)31)22-23(28-13)21(26-12-27-22)16-9-15(35-2)5-6-19(16)36-11-14-3-4-14/h5-6,9,12,14,17-18,28,31H,3-4,7-8,10-11H2,1-2H3,(H,29,32)(H,33,34)/t17-,18-/m1/s1. The Morgan fingerprint density at radius 3 is 2.75 bits per heavy atom. The van der Waals surface area contributed by atoms with Gasteiger partial charge in [-0.05, 0) is 50.3 Å². The van der Waals surface area contributed by atoms with Gasteiger partial charge in [-0.25, -0.2) is 14.8 Å². The number of rotatable bonds is 7. The summed E-state index contributed by atoms with van der Waals surface area (Å²) in [6, 6.07) is 4.98. The lowest BCUT2D eigenvalue weighted by Gasteiger charge is -2.34. The molecule has 0 radical (unpaired) electrons. The van der Waals surface area contributed by atoms with Crippen LogP contribution in [0, 0.1) is 12.8 Å². The Kier molecular flexibility index (Phi) is 6.40. The van der Waals surface area contributed by atoms with Gasteiger partial charge in [0, 0.05) is 17.8 Å². The molecule has 0 spiro atoms. The molecule has 1 saturated heterocycles. The third kappa shape index (κ3) is 4.66. The van der Waals surface area contributed by atoms with Gasteiger partial charge in [0.1, 0.15) is 29.0 Å². The summed E-state index contributed by atoms with van der Waals surface area (Å²) in [7, 11) is 1.59. The number of carbonyl (C=O) groups excluding carboxylic acids is 1. The van der Waals surface area contributed by atoms with Gasteiger partial charge in [0.25, 0.3) is 5.91 Å². The van der Waals surface area contributed by atoms with Crippen LogP contribution in [0.15, 0.2) is 24.5 Å². The number of aliphatic hydroxyl groups is 1. The van der Waals surface area contributed by atoms with Crippen LogP contribution in [-0.4, -0.2) is 81.0 Å². The van der Waals surface area contributed by atoms with Crippen molar-refractivity contribution in [1.29, 1.82) is 0 Å². The van der Waals surface area contributed by atoms with Gasteiger partial charge in [0.15, 0.2) is 0 Å². The third-order valence-electron chi connectivity index (χ3n) is 6.78. The number of fused-ring (bicyclic) bond motifs is 1. The topological polar surface area (TPSA) is 150 Å². The first-order valence-electron chi connectivity index (χ1n) is 12.0. The predicted octanol–water partition coefficient (Wildman–Crippen LogP) is 2.57. The Hall–Kier alpha value is -3.86. The second-order valence-corrected chi connectivity index (χ2v) is 9.35. The van der Waals surface area contributed by atoms with E-state index in [1.807, 2.05) is 18.2 Å². The van der Waals surface area contributed by atoms with Crippen molar-refractivity contribution in [2.45, 2.75) is 38.3 Å². The van der Waals surface area contributed by atoms with Crippen molar-refractivity contribution in [2.24, 2.45) is 5.92 Å². The average molecular weight is 496 g/mol. The molecule has 3 aromatic rings. The van der Waals surface area contributed by atoms with Crippen LogP contribution in [0.2, 0.25) is 0 Å². The van der Waals surface area contributed by atoms with Crippen molar-refractivity contribution < 1.29 is 29.3 Å². The fourth-order valence-corrected chi connectivity index (χ4v) is 4.56. The summed E-state index contributed by atoms with van der Waals surface area (Å²) >= 11 is 0. The van der Waals surface area contributed by atoms with E-state index in [4.69, 9.17) is 14.6 Å². The molecule has 2 atom stereocenters. The number of hydrogen-bond donors (Lipinski definition) is 4. The number of ether oxygens (including phenoxy) is 2. The lowest BCUT2D eigenvalue weighted by atomic mass is 10.0. The van der Waals surface area contributed by atoms with Crippen molar-refractivity contribution in [3.05, 3.63) is 35.8 Å². The Morgan fingerprint density at radius 2 is 2.06 bits per heavy atom. The summed E-state index contributed by atoms with van der Waals surface area (Å²) in [6.45, 7) is 2.59. The van der Waals surface area contributed by atoms with Crippen LogP contribution in [-0.2, 0) is 0 Å². The van der Waals surface area contributed by atoms with Gasteiger partial charge in [-0.15, -0.1) is 0 Å². The summed E-state index contributed by atoms with van der Waals surface area (Å²) in [6.07, 6.45) is 1.97. The molecule has 3 heterocycles. The molecule has 0 unspecified atom stereocenters. The molecule has 1 saturated carbocycles. The molecule has 5 rings (SSSR count). The monoisotopic (exact) mass is 495 g/mol. The molecule has 2 fully saturated rings. The highest BCUT2D eigenvalue weighted by molar-refractivity contribution is 6.09. The number of aryl methyl sites for hydroxylation is 1. The molecule has 11 heteroatoms. The number of β-amino-alcohol motifs (C(OH)–C–C–N with tert-alkyl or cyclic N) is 1. The highest BCUT2D eigenvalue weighted by Crippen LogP contribution is 2.38. The third-order valence-corrected chi connectivity index (χ3v) is 6.78. The molecule has 11 nitrogen and oxygen atoms in total. The number of nitrogens with zero attached hydrogens (tertiary/aromatic N) is 3. The summed E-state index contributed by atoms with van der Waals surface area (Å²) in [5.41, 5.74) is 3.30. The Bertz CT molecular complexity index is 1300. The van der Waals surface area contributed by atoms with Gasteiger partial charge in [-0.3, -0.25) is 4.79 Å². The summed E-state index contributed by atoms with van der Waals surface area (Å²) < 4.78 is 11.5. The van der Waals surface area contributed by atoms with E-state index in [2.05, 4.69) is 20.3 Å². The molecule has 1 aliphatic heterocycles. The van der Waals surface area contributed by atoms with Gasteiger partial charge in [-0.2, -0.15) is 0 Å². The number of nitrogens with one attached hydrogen (secondary N) is 2. The van der Waals surface area contributed by atoms with E-state index in [9.17, 15) is 14.7 Å². The van der Waals surface area contributed by atoms with E-state index in [0.29, 0.717) is 58.4 Å². The highest BCUT2D eigenvalue weighted by Gasteiger charge is 2.32. The molecule has 1 aromatic carbocycles. The number of aromatic nitrogens is 3. The van der Waals surface area contributed by atoms with Crippen molar-refractivity contribution >= 4 is 23.0 Å². The average Bonchev–Trinajstić information content (AvgIpc) is 3.63. The smallest absolute Gasteiger partial charge is 0.407 e. The number of carboxylic acid groups (broad SMARTS) is 1. The second-order valence-electron chi connectivity index (χ2n) is 9.35. The number of aliphatic hydroxyl groups excluding tert-OH is 1. The quantitative estimate of drug-likeness (QED) is 0.391. The molecule has 190 valence electrons. The van der Waals surface area contributed by atoms with Crippen LogP contribution >= 0.6 is 0 Å². The first-order valence-corrected chi connectivity index (χ1v) is 12.0. The number of carbonyl (C=O) groups is 2.